The smallest absolute Gasteiger partial charge is 0.267 e. The second kappa shape index (κ2) is 12.4. The van der Waals surface area contributed by atoms with E-state index in [-0.39, 0.29) is 17.9 Å². The summed E-state index contributed by atoms with van der Waals surface area (Å²) < 4.78 is 11.3. The van der Waals surface area contributed by atoms with E-state index in [1.54, 1.807) is 31.5 Å². The molecule has 0 radical (unpaired) electrons. The number of amides is 1. The number of nitrogen functional groups attached to an aromatic ring is 2. The van der Waals surface area contributed by atoms with Gasteiger partial charge in [-0.25, -0.2) is 9.99 Å². The van der Waals surface area contributed by atoms with E-state index in [2.05, 4.69) is 35.0 Å². The Balaban J connectivity index is 1.67. The molecule has 39 heavy (non-hydrogen) atoms. The van der Waals surface area contributed by atoms with Gasteiger partial charge in [0.05, 0.1) is 32.2 Å². The Bertz CT molecular complexity index is 1400. The zero-order valence-corrected chi connectivity index (χ0v) is 23.0. The van der Waals surface area contributed by atoms with Crippen molar-refractivity contribution in [3.8, 4) is 11.5 Å². The van der Waals surface area contributed by atoms with E-state index in [1.807, 2.05) is 30.3 Å². The lowest BCUT2D eigenvalue weighted by molar-refractivity contribution is -0.128. The van der Waals surface area contributed by atoms with Gasteiger partial charge in [-0.3, -0.25) is 4.79 Å². The molecule has 0 saturated heterocycles. The summed E-state index contributed by atoms with van der Waals surface area (Å²) >= 11 is 0. The first-order valence-corrected chi connectivity index (χ1v) is 13.2. The maximum Gasteiger partial charge on any atom is 0.267 e. The first-order chi connectivity index (χ1) is 18.9. The minimum Gasteiger partial charge on any atom is -0.493 e. The van der Waals surface area contributed by atoms with Crippen LogP contribution in [0.15, 0.2) is 47.6 Å². The molecule has 0 spiro atoms. The number of aryl methyl sites for hydroxylation is 1. The molecule has 4 rings (SSSR count). The number of aromatic nitrogens is 2. The molecule has 3 aromatic rings. The Morgan fingerprint density at radius 2 is 1.87 bits per heavy atom. The van der Waals surface area contributed by atoms with Crippen LogP contribution >= 0.6 is 0 Å². The molecule has 9 heteroatoms. The summed E-state index contributed by atoms with van der Waals surface area (Å²) in [5.74, 6) is 1.38. The lowest BCUT2D eigenvalue weighted by Crippen LogP contribution is -2.32. The zero-order valence-electron chi connectivity index (χ0n) is 23.0. The quantitative estimate of drug-likeness (QED) is 0.357. The molecular formula is C30H36N6O3. The summed E-state index contributed by atoms with van der Waals surface area (Å²) in [7, 11) is 3.16. The number of rotatable bonds is 10. The van der Waals surface area contributed by atoms with Crippen LogP contribution in [-0.4, -0.2) is 41.3 Å². The van der Waals surface area contributed by atoms with E-state index < -0.39 is 0 Å². The highest BCUT2D eigenvalue weighted by Crippen LogP contribution is 2.36. The molecule has 9 nitrogen and oxygen atoms in total. The largest absolute Gasteiger partial charge is 0.493 e. The molecule has 1 aliphatic rings. The molecule has 0 fully saturated rings. The minimum absolute atomic E-state index is 0.124. The predicted octanol–water partition coefficient (Wildman–Crippen LogP) is 4.93. The number of carbonyl (C=O) groups is 1. The van der Waals surface area contributed by atoms with E-state index >= 15 is 0 Å². The number of nitrogens with two attached hydrogens (primary N) is 2. The van der Waals surface area contributed by atoms with Crippen molar-refractivity contribution in [1.29, 1.82) is 0 Å². The van der Waals surface area contributed by atoms with Crippen molar-refractivity contribution in [3.63, 3.8) is 0 Å². The van der Waals surface area contributed by atoms with Gasteiger partial charge in [-0.15, -0.1) is 0 Å². The third-order valence-corrected chi connectivity index (χ3v) is 6.74. The molecule has 0 bridgehead atoms. The number of hydrogen-bond donors (Lipinski definition) is 2. The number of fused-ring (bicyclic) bond motifs is 1. The highest BCUT2D eigenvalue weighted by Gasteiger charge is 2.27. The van der Waals surface area contributed by atoms with Crippen molar-refractivity contribution in [2.75, 3.05) is 25.7 Å². The van der Waals surface area contributed by atoms with Crippen LogP contribution in [0.5, 0.6) is 11.5 Å². The Hall–Kier alpha value is -4.40. The minimum atomic E-state index is -0.216. The molecule has 1 unspecified atom stereocenters. The third-order valence-electron chi connectivity index (χ3n) is 6.74. The molecule has 1 aliphatic heterocycles. The van der Waals surface area contributed by atoms with Gasteiger partial charge >= 0.3 is 0 Å². The third kappa shape index (κ3) is 6.03. The second-order valence-electron chi connectivity index (χ2n) is 9.43. The molecule has 1 atom stereocenters. The number of benzene rings is 2. The average Bonchev–Trinajstić information content (AvgIpc) is 2.93. The fourth-order valence-corrected chi connectivity index (χ4v) is 4.96. The van der Waals surface area contributed by atoms with Crippen molar-refractivity contribution in [3.05, 3.63) is 76.0 Å². The van der Waals surface area contributed by atoms with Gasteiger partial charge in [-0.2, -0.15) is 10.1 Å². The van der Waals surface area contributed by atoms with E-state index in [1.165, 1.54) is 6.08 Å². The van der Waals surface area contributed by atoms with Crippen LogP contribution in [0, 0.1) is 0 Å². The van der Waals surface area contributed by atoms with E-state index in [4.69, 9.17) is 20.9 Å². The van der Waals surface area contributed by atoms with Gasteiger partial charge in [-0.1, -0.05) is 51.0 Å². The van der Waals surface area contributed by atoms with Crippen molar-refractivity contribution in [2.24, 2.45) is 5.10 Å². The predicted molar refractivity (Wildman–Crippen MR) is 155 cm³/mol. The summed E-state index contributed by atoms with van der Waals surface area (Å²) in [4.78, 5) is 22.0. The van der Waals surface area contributed by atoms with Crippen molar-refractivity contribution in [2.45, 2.75) is 52.0 Å². The van der Waals surface area contributed by atoms with Crippen LogP contribution in [0.4, 0.5) is 11.8 Å². The van der Waals surface area contributed by atoms with E-state index in [0.717, 1.165) is 53.6 Å². The number of carbonyl (C=O) groups excluding carboxylic acids is 1. The summed E-state index contributed by atoms with van der Waals surface area (Å²) in [5, 5.41) is 6.05. The Morgan fingerprint density at radius 3 is 2.59 bits per heavy atom. The molecule has 2 heterocycles. The number of methoxy groups -OCH3 is 2. The van der Waals surface area contributed by atoms with Gasteiger partial charge in [-0.05, 0) is 47.7 Å². The van der Waals surface area contributed by atoms with Gasteiger partial charge < -0.3 is 20.9 Å². The summed E-state index contributed by atoms with van der Waals surface area (Å²) in [5.41, 5.74) is 17.5. The van der Waals surface area contributed by atoms with Gasteiger partial charge in [0.15, 0.2) is 11.5 Å². The molecule has 2 aromatic carbocycles. The fraction of sp³-hybridized carbons (Fsp3) is 0.333. The van der Waals surface area contributed by atoms with Crippen LogP contribution < -0.4 is 20.9 Å². The molecular weight excluding hydrogens is 492 g/mol. The topological polar surface area (TPSA) is 129 Å². The first-order valence-electron chi connectivity index (χ1n) is 13.2. The van der Waals surface area contributed by atoms with E-state index in [0.29, 0.717) is 29.3 Å². The maximum absolute atomic E-state index is 13.4. The molecule has 1 amide bonds. The van der Waals surface area contributed by atoms with Gasteiger partial charge in [0, 0.05) is 23.6 Å². The first kappa shape index (κ1) is 27.6. The van der Waals surface area contributed by atoms with Crippen LogP contribution in [0.3, 0.4) is 0 Å². The van der Waals surface area contributed by atoms with Gasteiger partial charge in [0.2, 0.25) is 5.95 Å². The molecule has 4 N–H and O–H groups in total. The van der Waals surface area contributed by atoms with Crippen LogP contribution in [0.2, 0.25) is 0 Å². The Morgan fingerprint density at radius 1 is 1.08 bits per heavy atom. The van der Waals surface area contributed by atoms with Crippen LogP contribution in [-0.2, 0) is 17.6 Å². The number of anilines is 2. The van der Waals surface area contributed by atoms with Crippen molar-refractivity contribution < 1.29 is 14.3 Å². The maximum atomic E-state index is 13.4. The monoisotopic (exact) mass is 528 g/mol. The standard InChI is InChI=1S/C30H36N6O3/c1-5-9-24-23(29(31)35-30(32)34-24)16-19-15-20(28(39-4)26(17-19)38-3)13-14-27(37)36-25(10-6-2)22-12-8-7-11-21(22)18-33-36/h7-8,11-15,17-18,25H,5-6,9-10,16H2,1-4H3,(H4,31,32,34,35). The lowest BCUT2D eigenvalue weighted by Gasteiger charge is -2.31. The molecule has 0 saturated carbocycles. The zero-order chi connectivity index (χ0) is 27.9. The van der Waals surface area contributed by atoms with Crippen molar-refractivity contribution >= 4 is 30.0 Å². The fourth-order valence-electron chi connectivity index (χ4n) is 4.96. The average molecular weight is 529 g/mol. The lowest BCUT2D eigenvalue weighted by atomic mass is 9.95. The Labute approximate surface area is 229 Å². The van der Waals surface area contributed by atoms with Gasteiger partial charge in [0.1, 0.15) is 5.82 Å². The highest BCUT2D eigenvalue weighted by molar-refractivity contribution is 5.95. The van der Waals surface area contributed by atoms with Crippen LogP contribution in [0.25, 0.3) is 6.08 Å². The Kier molecular flexibility index (Phi) is 8.81. The number of hydrazone groups is 1. The summed E-state index contributed by atoms with van der Waals surface area (Å²) in [6.07, 6.45) is 8.85. The van der Waals surface area contributed by atoms with E-state index in [9.17, 15) is 4.79 Å². The number of nitrogens with zero attached hydrogens (tertiary/aromatic N) is 4. The second-order valence-corrected chi connectivity index (χ2v) is 9.43. The molecule has 0 aliphatic carbocycles. The normalized spacial score (nSPS) is 14.5. The number of hydrogen-bond acceptors (Lipinski definition) is 8. The van der Waals surface area contributed by atoms with Gasteiger partial charge in [0.25, 0.3) is 5.91 Å². The summed E-state index contributed by atoms with van der Waals surface area (Å²) in [6.45, 7) is 4.18. The summed E-state index contributed by atoms with van der Waals surface area (Å²) in [6, 6.07) is 11.8. The highest BCUT2D eigenvalue weighted by atomic mass is 16.5. The molecule has 204 valence electrons. The SMILES string of the molecule is CCCc1nc(N)nc(N)c1Cc1cc(C=CC(=O)N2N=Cc3ccccc3C2CCC)c(OC)c(OC)c1. The van der Waals surface area contributed by atoms with Crippen LogP contribution in [0.1, 0.15) is 72.7 Å². The van der Waals surface area contributed by atoms with Crippen molar-refractivity contribution in [1.82, 2.24) is 15.0 Å². The molecule has 1 aromatic heterocycles. The number of ether oxygens (including phenoxy) is 2.